The van der Waals surface area contributed by atoms with Crippen molar-refractivity contribution in [2.75, 3.05) is 6.54 Å². The quantitative estimate of drug-likeness (QED) is 0.675. The molecule has 1 amide bonds. The van der Waals surface area contributed by atoms with Gasteiger partial charge in [0.05, 0.1) is 0 Å². The minimum absolute atomic E-state index is 0.0917. The highest BCUT2D eigenvalue weighted by Gasteiger charge is 2.39. The third kappa shape index (κ3) is 3.51. The van der Waals surface area contributed by atoms with Crippen LogP contribution in [0.4, 0.5) is 0 Å². The summed E-state index contributed by atoms with van der Waals surface area (Å²) >= 11 is 0. The van der Waals surface area contributed by atoms with Crippen LogP contribution in [0.2, 0.25) is 0 Å². The Morgan fingerprint density at radius 2 is 2.04 bits per heavy atom. The first kappa shape index (κ1) is 18.6. The van der Waals surface area contributed by atoms with Gasteiger partial charge in [-0.05, 0) is 43.2 Å². The molecule has 0 unspecified atom stereocenters. The predicted octanol–water partition coefficient (Wildman–Crippen LogP) is 3.95. The molecule has 2 aromatic heterocycles. The van der Waals surface area contributed by atoms with Crippen LogP contribution in [0.15, 0.2) is 48.8 Å². The third-order valence-corrected chi connectivity index (χ3v) is 6.00. The van der Waals surface area contributed by atoms with Crippen LogP contribution < -0.4 is 0 Å². The lowest BCUT2D eigenvalue weighted by atomic mass is 9.74. The number of carbonyl (C=O) groups excluding carboxylic acids is 1. The summed E-state index contributed by atoms with van der Waals surface area (Å²) in [6.07, 6.45) is 7.87. The van der Waals surface area contributed by atoms with Crippen LogP contribution >= 0.6 is 0 Å². The Kier molecular flexibility index (Phi) is 5.37. The molecule has 0 saturated carbocycles. The van der Waals surface area contributed by atoms with E-state index in [-0.39, 0.29) is 17.8 Å². The van der Waals surface area contributed by atoms with Gasteiger partial charge in [-0.15, -0.1) is 5.10 Å². The second-order valence-corrected chi connectivity index (χ2v) is 7.65. The van der Waals surface area contributed by atoms with E-state index in [0.717, 1.165) is 19.4 Å². The van der Waals surface area contributed by atoms with E-state index in [2.05, 4.69) is 59.2 Å². The molecule has 1 aliphatic heterocycles. The first-order valence-corrected chi connectivity index (χ1v) is 10.2. The zero-order valence-corrected chi connectivity index (χ0v) is 16.5. The Balaban J connectivity index is 1.59. The van der Waals surface area contributed by atoms with Crippen molar-refractivity contribution in [3.63, 3.8) is 0 Å². The van der Waals surface area contributed by atoms with E-state index in [1.807, 2.05) is 4.90 Å². The summed E-state index contributed by atoms with van der Waals surface area (Å²) < 4.78 is 1.56. The van der Waals surface area contributed by atoms with Crippen molar-refractivity contribution >= 4 is 11.7 Å². The molecule has 1 aliphatic rings. The highest BCUT2D eigenvalue weighted by molar-refractivity contribution is 5.91. The normalized spacial score (nSPS) is 22.5. The van der Waals surface area contributed by atoms with Crippen LogP contribution in [0.25, 0.3) is 5.78 Å². The van der Waals surface area contributed by atoms with Crippen LogP contribution in [0.1, 0.15) is 61.6 Å². The van der Waals surface area contributed by atoms with Gasteiger partial charge >= 0.3 is 0 Å². The fourth-order valence-electron chi connectivity index (χ4n) is 4.50. The Hall–Kier alpha value is -2.76. The second-order valence-electron chi connectivity index (χ2n) is 7.65. The van der Waals surface area contributed by atoms with Gasteiger partial charge in [0.25, 0.3) is 11.7 Å². The van der Waals surface area contributed by atoms with Crippen molar-refractivity contribution < 1.29 is 4.79 Å². The molecular formula is C22H27N5O. The van der Waals surface area contributed by atoms with E-state index in [1.165, 1.54) is 18.4 Å². The lowest BCUT2D eigenvalue weighted by molar-refractivity contribution is 0.0454. The highest BCUT2D eigenvalue weighted by Crippen LogP contribution is 2.40. The van der Waals surface area contributed by atoms with Crippen molar-refractivity contribution in [2.24, 2.45) is 5.92 Å². The number of hydrogen-bond donors (Lipinski definition) is 0. The van der Waals surface area contributed by atoms with E-state index in [4.69, 9.17) is 0 Å². The summed E-state index contributed by atoms with van der Waals surface area (Å²) in [6.45, 7) is 5.13. The molecule has 3 aromatic rings. The molecule has 1 saturated heterocycles. The molecule has 0 N–H and O–H groups in total. The van der Waals surface area contributed by atoms with Crippen molar-refractivity contribution in [3.05, 3.63) is 60.2 Å². The highest BCUT2D eigenvalue weighted by atomic mass is 16.2. The number of carbonyl (C=O) groups is 1. The maximum atomic E-state index is 13.2. The Morgan fingerprint density at radius 3 is 2.79 bits per heavy atom. The molecule has 146 valence electrons. The van der Waals surface area contributed by atoms with E-state index in [0.29, 0.717) is 17.6 Å². The Labute approximate surface area is 165 Å². The van der Waals surface area contributed by atoms with E-state index < -0.39 is 0 Å². The number of piperidine rings is 1. The zero-order valence-electron chi connectivity index (χ0n) is 16.5. The third-order valence-electron chi connectivity index (χ3n) is 6.00. The molecule has 4 rings (SSSR count). The largest absolute Gasteiger partial charge is 0.333 e. The van der Waals surface area contributed by atoms with Crippen LogP contribution in [0.3, 0.4) is 0 Å². The number of unbranched alkanes of at least 4 members (excludes halogenated alkanes) is 1. The number of benzene rings is 1. The molecular weight excluding hydrogens is 350 g/mol. The number of likely N-dealkylation sites (tertiary alicyclic amines) is 1. The minimum Gasteiger partial charge on any atom is -0.333 e. The molecule has 0 radical (unpaired) electrons. The van der Waals surface area contributed by atoms with Crippen molar-refractivity contribution in [1.29, 1.82) is 0 Å². The smallest absolute Gasteiger partial charge is 0.293 e. The number of hydrogen-bond acceptors (Lipinski definition) is 4. The molecule has 6 nitrogen and oxygen atoms in total. The summed E-state index contributed by atoms with van der Waals surface area (Å²) in [4.78, 5) is 23.7. The van der Waals surface area contributed by atoms with E-state index in [1.54, 1.807) is 23.0 Å². The van der Waals surface area contributed by atoms with Gasteiger partial charge in [-0.3, -0.25) is 4.79 Å². The number of nitrogens with zero attached hydrogens (tertiary/aromatic N) is 5. The fourth-order valence-corrected chi connectivity index (χ4v) is 4.50. The van der Waals surface area contributed by atoms with Crippen molar-refractivity contribution in [2.45, 2.75) is 51.5 Å². The maximum absolute atomic E-state index is 13.2. The Bertz CT molecular complexity index is 905. The molecule has 1 fully saturated rings. The SMILES string of the molecule is CCCC[C@@H]1[C@@H](c2ccccc2)CCN(C(=O)c2nc3ncccn3n2)[C@@H]1C. The first-order chi connectivity index (χ1) is 13.7. The van der Waals surface area contributed by atoms with Gasteiger partial charge in [0.15, 0.2) is 0 Å². The summed E-state index contributed by atoms with van der Waals surface area (Å²) in [5, 5.41) is 4.34. The lowest BCUT2D eigenvalue weighted by Gasteiger charge is -2.44. The van der Waals surface area contributed by atoms with Gasteiger partial charge in [-0.25, -0.2) is 9.50 Å². The van der Waals surface area contributed by atoms with Crippen LogP contribution in [0, 0.1) is 5.92 Å². The van der Waals surface area contributed by atoms with Gasteiger partial charge in [0.2, 0.25) is 5.82 Å². The number of aromatic nitrogens is 4. The van der Waals surface area contributed by atoms with Gasteiger partial charge in [-0.2, -0.15) is 4.98 Å². The summed E-state index contributed by atoms with van der Waals surface area (Å²) in [5.74, 6) is 1.53. The first-order valence-electron chi connectivity index (χ1n) is 10.2. The maximum Gasteiger partial charge on any atom is 0.293 e. The van der Waals surface area contributed by atoms with Gasteiger partial charge in [-0.1, -0.05) is 50.1 Å². The monoisotopic (exact) mass is 377 g/mol. The van der Waals surface area contributed by atoms with Gasteiger partial charge in [0, 0.05) is 25.0 Å². The zero-order chi connectivity index (χ0) is 19.5. The summed E-state index contributed by atoms with van der Waals surface area (Å²) in [7, 11) is 0. The van der Waals surface area contributed by atoms with Crippen LogP contribution in [-0.2, 0) is 0 Å². The van der Waals surface area contributed by atoms with Crippen molar-refractivity contribution in [1.82, 2.24) is 24.5 Å². The minimum atomic E-state index is -0.0917. The van der Waals surface area contributed by atoms with Gasteiger partial charge in [0.1, 0.15) is 0 Å². The van der Waals surface area contributed by atoms with E-state index >= 15 is 0 Å². The molecule has 0 aliphatic carbocycles. The average Bonchev–Trinajstić information content (AvgIpc) is 3.17. The average molecular weight is 377 g/mol. The van der Waals surface area contributed by atoms with E-state index in [9.17, 15) is 4.79 Å². The predicted molar refractivity (Wildman–Crippen MR) is 108 cm³/mol. The number of rotatable bonds is 5. The van der Waals surface area contributed by atoms with Crippen molar-refractivity contribution in [3.8, 4) is 0 Å². The fraction of sp³-hybridized carbons (Fsp3) is 0.455. The molecule has 0 bridgehead atoms. The summed E-state index contributed by atoms with van der Waals surface area (Å²) in [6, 6.07) is 12.7. The van der Waals surface area contributed by atoms with Crippen LogP contribution in [0.5, 0.6) is 0 Å². The van der Waals surface area contributed by atoms with Crippen LogP contribution in [-0.4, -0.2) is 43.0 Å². The van der Waals surface area contributed by atoms with Gasteiger partial charge < -0.3 is 4.90 Å². The standard InChI is InChI=1S/C22H27N5O/c1-3-4-11-18-16(2)26(15-12-19(18)17-9-6-5-7-10-17)21(28)20-24-22-23-13-8-14-27(22)25-20/h5-10,13-14,16,18-19H,3-4,11-12,15H2,1-2H3/t16-,18+,19-/m1/s1. The molecule has 1 aromatic carbocycles. The molecule has 0 spiro atoms. The molecule has 3 atom stereocenters. The molecule has 28 heavy (non-hydrogen) atoms. The Morgan fingerprint density at radius 1 is 1.21 bits per heavy atom. The second kappa shape index (κ2) is 8.09. The number of amides is 1. The molecule has 6 heteroatoms. The molecule has 3 heterocycles. The topological polar surface area (TPSA) is 63.4 Å². The lowest BCUT2D eigenvalue weighted by Crippen LogP contribution is -2.49. The number of fused-ring (bicyclic) bond motifs is 1. The summed E-state index contributed by atoms with van der Waals surface area (Å²) in [5.41, 5.74) is 1.39.